The zero-order valence-electron chi connectivity index (χ0n) is 26.4. The molecule has 1 heterocycles. The van der Waals surface area contributed by atoms with Crippen LogP contribution < -0.4 is 4.90 Å². The average molecular weight is 613 g/mol. The monoisotopic (exact) mass is 612 g/mol. The Bertz CT molecular complexity index is 2490. The molecule has 0 amide bonds. The predicted molar refractivity (Wildman–Crippen MR) is 204 cm³/mol. The number of aromatic nitrogens is 1. The topological polar surface area (TPSA) is 8.17 Å². The first-order chi connectivity index (χ1) is 23.8. The van der Waals surface area contributed by atoms with E-state index in [1.54, 1.807) is 0 Å². The van der Waals surface area contributed by atoms with E-state index in [1.165, 1.54) is 54.8 Å². The number of hydrogen-bond acceptors (Lipinski definition) is 1. The molecule has 2 heteroatoms. The van der Waals surface area contributed by atoms with Crippen molar-refractivity contribution in [2.24, 2.45) is 0 Å². The van der Waals surface area contributed by atoms with Crippen LogP contribution in [0.2, 0.25) is 0 Å². The van der Waals surface area contributed by atoms with Crippen LogP contribution in [0.3, 0.4) is 0 Å². The van der Waals surface area contributed by atoms with Crippen molar-refractivity contribution in [1.82, 2.24) is 4.57 Å². The average Bonchev–Trinajstić information content (AvgIpc) is 3.49. The molecule has 0 bridgehead atoms. The summed E-state index contributed by atoms with van der Waals surface area (Å²) in [5, 5.41) is 4.97. The van der Waals surface area contributed by atoms with Crippen molar-refractivity contribution in [3.05, 3.63) is 194 Å². The van der Waals surface area contributed by atoms with Crippen molar-refractivity contribution in [2.45, 2.75) is 0 Å². The summed E-state index contributed by atoms with van der Waals surface area (Å²) in [6.45, 7) is 0. The highest BCUT2D eigenvalue weighted by atomic mass is 15.1. The highest BCUT2D eigenvalue weighted by Gasteiger charge is 2.18. The molecule has 226 valence electrons. The lowest BCUT2D eigenvalue weighted by Crippen LogP contribution is -2.09. The zero-order valence-corrected chi connectivity index (χ0v) is 26.4. The second-order valence-corrected chi connectivity index (χ2v) is 12.2. The third-order valence-corrected chi connectivity index (χ3v) is 9.37. The lowest BCUT2D eigenvalue weighted by atomic mass is 9.97. The van der Waals surface area contributed by atoms with Crippen LogP contribution in [0.15, 0.2) is 194 Å². The van der Waals surface area contributed by atoms with Gasteiger partial charge in [-0.1, -0.05) is 140 Å². The quantitative estimate of drug-likeness (QED) is 0.181. The Labute approximate surface area is 280 Å². The Morgan fingerprint density at radius 2 is 0.875 bits per heavy atom. The summed E-state index contributed by atoms with van der Waals surface area (Å²) < 4.78 is 2.44. The van der Waals surface area contributed by atoms with Gasteiger partial charge in [0.15, 0.2) is 0 Å². The normalized spacial score (nSPS) is 11.3. The first-order valence-electron chi connectivity index (χ1n) is 16.4. The molecule has 0 aliphatic rings. The van der Waals surface area contributed by atoms with Crippen LogP contribution in [0.5, 0.6) is 0 Å². The Morgan fingerprint density at radius 1 is 0.333 bits per heavy atom. The third-order valence-electron chi connectivity index (χ3n) is 9.37. The van der Waals surface area contributed by atoms with Gasteiger partial charge in [-0.3, -0.25) is 0 Å². The number of nitrogens with zero attached hydrogens (tertiary/aromatic N) is 2. The van der Waals surface area contributed by atoms with E-state index in [0.717, 1.165) is 22.7 Å². The van der Waals surface area contributed by atoms with Gasteiger partial charge in [0.1, 0.15) is 0 Å². The van der Waals surface area contributed by atoms with Crippen LogP contribution in [0.1, 0.15) is 0 Å². The van der Waals surface area contributed by atoms with Crippen LogP contribution in [-0.4, -0.2) is 4.57 Å². The molecule has 0 saturated carbocycles. The summed E-state index contributed by atoms with van der Waals surface area (Å²) >= 11 is 0. The minimum atomic E-state index is 1.11. The second-order valence-electron chi connectivity index (χ2n) is 12.2. The van der Waals surface area contributed by atoms with Crippen molar-refractivity contribution in [1.29, 1.82) is 0 Å². The molecule has 0 radical (unpaired) electrons. The largest absolute Gasteiger partial charge is 0.310 e. The number of anilines is 3. The molecule has 0 spiro atoms. The lowest BCUT2D eigenvalue weighted by molar-refractivity contribution is 1.18. The molecular formula is C46H32N2. The van der Waals surface area contributed by atoms with E-state index in [9.17, 15) is 0 Å². The van der Waals surface area contributed by atoms with Gasteiger partial charge in [-0.2, -0.15) is 0 Å². The fraction of sp³-hybridized carbons (Fsp3) is 0. The number of fused-ring (bicyclic) bond motifs is 4. The lowest BCUT2D eigenvalue weighted by Gasteiger charge is -2.25. The van der Waals surface area contributed by atoms with Crippen LogP contribution in [-0.2, 0) is 0 Å². The standard InChI is InChI=1S/C46H32N2/c1-4-13-33(14-5-1)34-23-26-39(27-24-34)48-45-31-36(42-22-12-16-35-15-10-11-21-41(35)42)25-29-43(45)44-30-28-40(32-46(44)48)47(37-17-6-2-7-18-37)38-19-8-3-9-20-38/h1-32H. The van der Waals surface area contributed by atoms with Crippen molar-refractivity contribution in [2.75, 3.05) is 4.90 Å². The molecule has 2 nitrogen and oxygen atoms in total. The van der Waals surface area contributed by atoms with Crippen LogP contribution in [0.25, 0.3) is 60.5 Å². The van der Waals surface area contributed by atoms with Gasteiger partial charge in [-0.05, 0) is 87.6 Å². The fourth-order valence-corrected chi connectivity index (χ4v) is 7.10. The van der Waals surface area contributed by atoms with Gasteiger partial charge in [-0.25, -0.2) is 0 Å². The molecule has 0 saturated heterocycles. The minimum absolute atomic E-state index is 1.11. The van der Waals surface area contributed by atoms with Crippen LogP contribution in [0.4, 0.5) is 17.1 Å². The van der Waals surface area contributed by atoms with Crippen molar-refractivity contribution < 1.29 is 0 Å². The summed E-state index contributed by atoms with van der Waals surface area (Å²) in [4.78, 5) is 2.33. The maximum Gasteiger partial charge on any atom is 0.0561 e. The first-order valence-corrected chi connectivity index (χ1v) is 16.4. The highest BCUT2D eigenvalue weighted by Crippen LogP contribution is 2.41. The van der Waals surface area contributed by atoms with Crippen LogP contribution >= 0.6 is 0 Å². The van der Waals surface area contributed by atoms with Gasteiger partial charge >= 0.3 is 0 Å². The molecule has 0 atom stereocenters. The van der Waals surface area contributed by atoms with E-state index in [1.807, 2.05) is 0 Å². The van der Waals surface area contributed by atoms with Gasteiger partial charge in [0.25, 0.3) is 0 Å². The second kappa shape index (κ2) is 11.8. The molecule has 0 fully saturated rings. The molecule has 0 unspecified atom stereocenters. The van der Waals surface area contributed by atoms with Gasteiger partial charge < -0.3 is 9.47 Å². The molecular weight excluding hydrogens is 581 g/mol. The van der Waals surface area contributed by atoms with E-state index < -0.39 is 0 Å². The van der Waals surface area contributed by atoms with Crippen molar-refractivity contribution >= 4 is 49.6 Å². The van der Waals surface area contributed by atoms with Crippen molar-refractivity contribution in [3.63, 3.8) is 0 Å². The number of para-hydroxylation sites is 2. The summed E-state index contributed by atoms with van der Waals surface area (Å²) in [7, 11) is 0. The summed E-state index contributed by atoms with van der Waals surface area (Å²) in [5.41, 5.74) is 11.7. The SMILES string of the molecule is c1ccc(-c2ccc(-n3c4cc(-c5cccc6ccccc56)ccc4c4ccc(N(c5ccccc5)c5ccccc5)cc43)cc2)cc1. The minimum Gasteiger partial charge on any atom is -0.310 e. The molecule has 0 aliphatic carbocycles. The molecule has 9 aromatic rings. The van der Waals surface area contributed by atoms with E-state index >= 15 is 0 Å². The molecule has 1 aromatic heterocycles. The van der Waals surface area contributed by atoms with Gasteiger partial charge in [0.05, 0.1) is 11.0 Å². The zero-order chi connectivity index (χ0) is 31.9. The van der Waals surface area contributed by atoms with Crippen LogP contribution in [0, 0.1) is 0 Å². The van der Waals surface area contributed by atoms with E-state index in [4.69, 9.17) is 0 Å². The number of hydrogen-bond donors (Lipinski definition) is 0. The molecule has 0 N–H and O–H groups in total. The molecule has 0 aliphatic heterocycles. The van der Waals surface area contributed by atoms with E-state index in [-0.39, 0.29) is 0 Å². The third kappa shape index (κ3) is 4.83. The van der Waals surface area contributed by atoms with Crippen molar-refractivity contribution in [3.8, 4) is 27.9 Å². The molecule has 9 rings (SSSR count). The summed E-state index contributed by atoms with van der Waals surface area (Å²) in [6, 6.07) is 69.9. The maximum absolute atomic E-state index is 2.44. The van der Waals surface area contributed by atoms with Gasteiger partial charge in [0, 0.05) is 33.5 Å². The number of benzene rings is 8. The molecule has 8 aromatic carbocycles. The fourth-order valence-electron chi connectivity index (χ4n) is 7.10. The highest BCUT2D eigenvalue weighted by molar-refractivity contribution is 6.12. The Kier molecular flexibility index (Phi) is 6.84. The van der Waals surface area contributed by atoms with E-state index in [0.29, 0.717) is 0 Å². The molecule has 48 heavy (non-hydrogen) atoms. The van der Waals surface area contributed by atoms with Gasteiger partial charge in [0.2, 0.25) is 0 Å². The van der Waals surface area contributed by atoms with E-state index in [2.05, 4.69) is 204 Å². The Morgan fingerprint density at radius 3 is 1.58 bits per heavy atom. The summed E-state index contributed by atoms with van der Waals surface area (Å²) in [5.74, 6) is 0. The smallest absolute Gasteiger partial charge is 0.0561 e. The number of rotatable bonds is 6. The Hall–Kier alpha value is -6.38. The predicted octanol–water partition coefficient (Wildman–Crippen LogP) is 12.7. The Balaban J connectivity index is 1.29. The summed E-state index contributed by atoms with van der Waals surface area (Å²) in [6.07, 6.45) is 0. The maximum atomic E-state index is 2.44. The first kappa shape index (κ1) is 27.9. The van der Waals surface area contributed by atoms with Gasteiger partial charge in [-0.15, -0.1) is 0 Å².